The average molecular weight is 403 g/mol. The number of aliphatic hydroxyl groups is 1. The fraction of sp³-hybridized carbons (Fsp3) is 0.278. The van der Waals surface area contributed by atoms with Gasteiger partial charge in [0.15, 0.2) is 0 Å². The summed E-state index contributed by atoms with van der Waals surface area (Å²) in [4.78, 5) is 12.5. The molecule has 0 aliphatic rings. The summed E-state index contributed by atoms with van der Waals surface area (Å²) in [5.74, 6) is -0.662. The number of rotatable bonds is 8. The van der Waals surface area contributed by atoms with E-state index in [4.69, 9.17) is 4.74 Å². The highest BCUT2D eigenvalue weighted by Gasteiger charge is 2.30. The van der Waals surface area contributed by atoms with Gasteiger partial charge >= 0.3 is 6.18 Å². The highest BCUT2D eigenvalue weighted by atomic mass is 32.2. The van der Waals surface area contributed by atoms with Crippen LogP contribution in [0.3, 0.4) is 0 Å². The van der Waals surface area contributed by atoms with E-state index in [0.717, 1.165) is 17.0 Å². The van der Waals surface area contributed by atoms with Gasteiger partial charge in [-0.25, -0.2) is 4.39 Å². The minimum absolute atomic E-state index is 0.0259. The van der Waals surface area contributed by atoms with Gasteiger partial charge in [-0.15, -0.1) is 11.8 Å². The van der Waals surface area contributed by atoms with E-state index in [1.165, 1.54) is 36.0 Å². The van der Waals surface area contributed by atoms with Crippen molar-refractivity contribution in [1.29, 1.82) is 0 Å². The first-order valence-corrected chi connectivity index (χ1v) is 8.86. The average Bonchev–Trinajstić information content (AvgIpc) is 2.64. The lowest BCUT2D eigenvalue weighted by Crippen LogP contribution is -2.36. The Hall–Kier alpha value is -2.26. The number of halogens is 4. The first kappa shape index (κ1) is 21.0. The van der Waals surface area contributed by atoms with E-state index >= 15 is 0 Å². The third kappa shape index (κ3) is 7.48. The lowest BCUT2D eigenvalue weighted by atomic mass is 10.2. The van der Waals surface area contributed by atoms with Crippen molar-refractivity contribution in [1.82, 2.24) is 5.32 Å². The van der Waals surface area contributed by atoms with Crippen LogP contribution in [0.2, 0.25) is 0 Å². The molecule has 1 unspecified atom stereocenters. The van der Waals surface area contributed by atoms with Crippen LogP contribution in [-0.2, 0) is 11.0 Å². The fourth-order valence-corrected chi connectivity index (χ4v) is 2.70. The molecule has 4 nitrogen and oxygen atoms in total. The van der Waals surface area contributed by atoms with Crippen LogP contribution in [0, 0.1) is 5.82 Å². The molecule has 1 atom stereocenters. The summed E-state index contributed by atoms with van der Waals surface area (Å²) in [5.41, 5.74) is -0.847. The largest absolute Gasteiger partial charge is 0.491 e. The molecule has 0 radical (unpaired) electrons. The highest BCUT2D eigenvalue weighted by molar-refractivity contribution is 8.00. The van der Waals surface area contributed by atoms with Gasteiger partial charge < -0.3 is 15.2 Å². The molecule has 0 aliphatic carbocycles. The summed E-state index contributed by atoms with van der Waals surface area (Å²) in [6.45, 7) is -0.380. The van der Waals surface area contributed by atoms with E-state index in [1.807, 2.05) is 0 Å². The number of ether oxygens (including phenoxy) is 1. The Labute approximate surface area is 157 Å². The monoisotopic (exact) mass is 403 g/mol. The number of nitrogens with one attached hydrogen (secondary N) is 1. The molecule has 2 aromatic rings. The molecule has 9 heteroatoms. The number of thioether (sulfide) groups is 1. The zero-order valence-electron chi connectivity index (χ0n) is 14.0. The molecule has 2 N–H and O–H groups in total. The number of hydrogen-bond donors (Lipinski definition) is 2. The van der Waals surface area contributed by atoms with Crippen LogP contribution in [0.5, 0.6) is 5.75 Å². The highest BCUT2D eigenvalue weighted by Crippen LogP contribution is 2.31. The fourth-order valence-electron chi connectivity index (χ4n) is 1.98. The van der Waals surface area contributed by atoms with Crippen molar-refractivity contribution in [3.8, 4) is 5.75 Å². The Morgan fingerprint density at radius 2 is 1.89 bits per heavy atom. The Morgan fingerprint density at radius 1 is 1.19 bits per heavy atom. The Morgan fingerprint density at radius 3 is 2.56 bits per heavy atom. The third-order valence-electron chi connectivity index (χ3n) is 3.32. The topological polar surface area (TPSA) is 58.6 Å². The number of carbonyl (C=O) groups is 1. The van der Waals surface area contributed by atoms with Crippen LogP contribution in [0.1, 0.15) is 5.56 Å². The van der Waals surface area contributed by atoms with Crippen molar-refractivity contribution in [2.24, 2.45) is 0 Å². The predicted octanol–water partition coefficient (Wildman–Crippen LogP) is 3.49. The molecule has 146 valence electrons. The van der Waals surface area contributed by atoms with E-state index in [1.54, 1.807) is 12.1 Å². The standard InChI is InChI=1S/C18H17F4NO3S/c19-13-4-6-16(7-5-13)27-11-17(25)23-9-14(24)10-26-15-3-1-2-12(8-15)18(20,21)22/h1-8,14,24H,9-11H2,(H,23,25). The van der Waals surface area contributed by atoms with Crippen molar-refractivity contribution >= 4 is 17.7 Å². The van der Waals surface area contributed by atoms with Crippen molar-refractivity contribution in [3.63, 3.8) is 0 Å². The van der Waals surface area contributed by atoms with Gasteiger partial charge in [0.25, 0.3) is 0 Å². The predicted molar refractivity (Wildman–Crippen MR) is 93.1 cm³/mol. The van der Waals surface area contributed by atoms with E-state index in [2.05, 4.69) is 5.32 Å². The molecule has 0 bridgehead atoms. The zero-order valence-corrected chi connectivity index (χ0v) is 14.8. The van der Waals surface area contributed by atoms with Crippen LogP contribution < -0.4 is 10.1 Å². The van der Waals surface area contributed by atoms with E-state index in [-0.39, 0.29) is 36.4 Å². The minimum Gasteiger partial charge on any atom is -0.491 e. The number of benzene rings is 2. The maximum atomic E-state index is 12.8. The molecule has 0 aromatic heterocycles. The Kier molecular flexibility index (Phi) is 7.49. The van der Waals surface area contributed by atoms with E-state index < -0.39 is 17.8 Å². The molecular weight excluding hydrogens is 386 g/mol. The molecule has 2 rings (SSSR count). The summed E-state index contributed by atoms with van der Waals surface area (Å²) in [6, 6.07) is 9.98. The molecule has 2 aromatic carbocycles. The first-order valence-electron chi connectivity index (χ1n) is 7.87. The SMILES string of the molecule is O=C(CSc1ccc(F)cc1)NCC(O)COc1cccc(C(F)(F)F)c1. The van der Waals surface area contributed by atoms with Gasteiger partial charge in [-0.2, -0.15) is 13.2 Å². The maximum absolute atomic E-state index is 12.8. The van der Waals surface area contributed by atoms with Crippen molar-refractivity contribution in [2.75, 3.05) is 18.9 Å². The summed E-state index contributed by atoms with van der Waals surface area (Å²) >= 11 is 1.20. The second-order valence-corrected chi connectivity index (χ2v) is 6.59. The third-order valence-corrected chi connectivity index (χ3v) is 4.33. The Balaban J connectivity index is 1.70. The van der Waals surface area contributed by atoms with E-state index in [0.29, 0.717) is 0 Å². The van der Waals surface area contributed by atoms with Crippen molar-refractivity contribution < 1.29 is 32.2 Å². The van der Waals surface area contributed by atoms with E-state index in [9.17, 15) is 27.5 Å². The summed E-state index contributed by atoms with van der Waals surface area (Å²) in [7, 11) is 0. The molecule has 1 amide bonds. The van der Waals surface area contributed by atoms with Gasteiger partial charge in [0.2, 0.25) is 5.91 Å². The van der Waals surface area contributed by atoms with Gasteiger partial charge in [0.05, 0.1) is 11.3 Å². The maximum Gasteiger partial charge on any atom is 0.416 e. The number of carbonyl (C=O) groups excluding carboxylic acids is 1. The second-order valence-electron chi connectivity index (χ2n) is 5.54. The van der Waals surface area contributed by atoms with Gasteiger partial charge in [0.1, 0.15) is 24.3 Å². The lowest BCUT2D eigenvalue weighted by Gasteiger charge is -2.14. The molecule has 0 saturated heterocycles. The van der Waals surface area contributed by atoms with Gasteiger partial charge in [0, 0.05) is 11.4 Å². The minimum atomic E-state index is -4.48. The first-order chi connectivity index (χ1) is 12.7. The number of alkyl halides is 3. The summed E-state index contributed by atoms with van der Waals surface area (Å²) in [6.07, 6.45) is -5.56. The van der Waals surface area contributed by atoms with Gasteiger partial charge in [-0.3, -0.25) is 4.79 Å². The van der Waals surface area contributed by atoms with Gasteiger partial charge in [-0.1, -0.05) is 6.07 Å². The number of hydrogen-bond acceptors (Lipinski definition) is 4. The molecule has 0 fully saturated rings. The van der Waals surface area contributed by atoms with Crippen LogP contribution in [0.4, 0.5) is 17.6 Å². The van der Waals surface area contributed by atoms with Crippen molar-refractivity contribution in [2.45, 2.75) is 17.2 Å². The summed E-state index contributed by atoms with van der Waals surface area (Å²) in [5, 5.41) is 12.3. The molecule has 0 heterocycles. The quantitative estimate of drug-likeness (QED) is 0.523. The molecule has 0 aliphatic heterocycles. The van der Waals surface area contributed by atoms with Crippen LogP contribution >= 0.6 is 11.8 Å². The van der Waals surface area contributed by atoms with Crippen LogP contribution in [0.25, 0.3) is 0 Å². The van der Waals surface area contributed by atoms with Gasteiger partial charge in [-0.05, 0) is 42.5 Å². The molecule has 0 saturated carbocycles. The zero-order chi connectivity index (χ0) is 19.9. The van der Waals surface area contributed by atoms with Crippen molar-refractivity contribution in [3.05, 3.63) is 59.9 Å². The summed E-state index contributed by atoms with van der Waals surface area (Å²) < 4.78 is 55.8. The lowest BCUT2D eigenvalue weighted by molar-refractivity contribution is -0.137. The molecule has 0 spiro atoms. The molecule has 27 heavy (non-hydrogen) atoms. The number of aliphatic hydroxyl groups excluding tert-OH is 1. The normalized spacial score (nSPS) is 12.5. The number of amides is 1. The second kappa shape index (κ2) is 9.61. The van der Waals surface area contributed by atoms with Crippen LogP contribution in [-0.4, -0.2) is 36.0 Å². The smallest absolute Gasteiger partial charge is 0.416 e. The van der Waals surface area contributed by atoms with Crippen LogP contribution in [0.15, 0.2) is 53.4 Å². The Bertz CT molecular complexity index is 753. The molecular formula is C18H17F4NO3S.